The maximum absolute atomic E-state index is 5.64. The van der Waals surface area contributed by atoms with Gasteiger partial charge in [-0.15, -0.1) is 0 Å². The third-order valence-corrected chi connectivity index (χ3v) is 2.62. The fourth-order valence-corrected chi connectivity index (χ4v) is 1.64. The van der Waals surface area contributed by atoms with E-state index in [9.17, 15) is 0 Å². The maximum atomic E-state index is 5.64. The van der Waals surface area contributed by atoms with Crippen LogP contribution >= 0.6 is 0 Å². The van der Waals surface area contributed by atoms with Gasteiger partial charge in [0.25, 0.3) is 0 Å². The van der Waals surface area contributed by atoms with Crippen molar-refractivity contribution in [3.8, 4) is 0 Å². The third-order valence-electron chi connectivity index (χ3n) is 2.62. The molecule has 0 saturated carbocycles. The Morgan fingerprint density at radius 1 is 1.11 bits per heavy atom. The van der Waals surface area contributed by atoms with Crippen LogP contribution in [-0.4, -0.2) is 12.5 Å². The van der Waals surface area contributed by atoms with Crippen molar-refractivity contribution in [1.82, 2.24) is 0 Å². The minimum Gasteiger partial charge on any atom is -0.473 e. The molecule has 0 aliphatic rings. The summed E-state index contributed by atoms with van der Waals surface area (Å²) in [7, 11) is 0. The van der Waals surface area contributed by atoms with Gasteiger partial charge in [-0.3, -0.25) is 0 Å². The van der Waals surface area contributed by atoms with Crippen molar-refractivity contribution in [2.45, 2.75) is 6.92 Å². The average Bonchev–Trinajstić information content (AvgIpc) is 2.46. The second-order valence-electron chi connectivity index (χ2n) is 4.22. The summed E-state index contributed by atoms with van der Waals surface area (Å²) in [6.45, 7) is 6.16. The lowest BCUT2D eigenvalue weighted by molar-refractivity contribution is 0.352. The van der Waals surface area contributed by atoms with Gasteiger partial charge in [0.1, 0.15) is 6.61 Å². The quantitative estimate of drug-likeness (QED) is 0.451. The van der Waals surface area contributed by atoms with Gasteiger partial charge in [0.15, 0.2) is 0 Å². The molecule has 0 bridgehead atoms. The molecule has 0 aromatic heterocycles. The number of hydrogen-bond donors (Lipinski definition) is 0. The molecular formula is C17H17NO. The van der Waals surface area contributed by atoms with Crippen LogP contribution in [0.3, 0.4) is 0 Å². The summed E-state index contributed by atoms with van der Waals surface area (Å²) in [5, 5.41) is 0. The summed E-state index contributed by atoms with van der Waals surface area (Å²) in [6, 6.07) is 17.9. The fourth-order valence-electron chi connectivity index (χ4n) is 1.64. The normalized spacial score (nSPS) is 11.1. The molecule has 2 aromatic rings. The number of hydrogen-bond acceptors (Lipinski definition) is 2. The number of ether oxygens (including phenoxy) is 1. The lowest BCUT2D eigenvalue weighted by Crippen LogP contribution is -2.06. The number of benzene rings is 2. The zero-order valence-corrected chi connectivity index (χ0v) is 11.0. The molecule has 0 fully saturated rings. The highest BCUT2D eigenvalue weighted by Gasteiger charge is 2.04. The molecule has 0 aliphatic heterocycles. The van der Waals surface area contributed by atoms with Crippen molar-refractivity contribution >= 4 is 11.6 Å². The maximum Gasteiger partial charge on any atom is 0.221 e. The number of rotatable bonds is 4. The number of nitrogens with zero attached hydrogens (tertiary/aromatic N) is 1. The summed E-state index contributed by atoms with van der Waals surface area (Å²) in [5.74, 6) is 0.615. The molecule has 2 aromatic carbocycles. The Bertz CT molecular complexity index is 556. The van der Waals surface area contributed by atoms with Crippen molar-refractivity contribution in [1.29, 1.82) is 0 Å². The van der Waals surface area contributed by atoms with E-state index in [2.05, 4.69) is 18.5 Å². The van der Waals surface area contributed by atoms with E-state index >= 15 is 0 Å². The van der Waals surface area contributed by atoms with Gasteiger partial charge in [-0.05, 0) is 31.2 Å². The smallest absolute Gasteiger partial charge is 0.221 e. The molecule has 96 valence electrons. The zero-order chi connectivity index (χ0) is 13.5. The van der Waals surface area contributed by atoms with E-state index < -0.39 is 0 Å². The van der Waals surface area contributed by atoms with Crippen LogP contribution in [0.25, 0.3) is 0 Å². The Balaban J connectivity index is 2.31. The standard InChI is InChI=1S/C17H17NO/c1-3-13-19-17(15-7-5-4-6-8-15)18-16-11-9-14(2)10-12-16/h3-12H,1,13H2,2H3. The molecule has 0 radical (unpaired) electrons. The monoisotopic (exact) mass is 251 g/mol. The summed E-state index contributed by atoms with van der Waals surface area (Å²) in [6.07, 6.45) is 1.72. The van der Waals surface area contributed by atoms with Crippen molar-refractivity contribution < 1.29 is 4.74 Å². The van der Waals surface area contributed by atoms with Gasteiger partial charge in [0.05, 0.1) is 5.69 Å². The molecule has 0 N–H and O–H groups in total. The Hall–Kier alpha value is -2.35. The van der Waals surface area contributed by atoms with Crippen molar-refractivity contribution in [3.63, 3.8) is 0 Å². The number of aryl methyl sites for hydroxylation is 1. The summed E-state index contributed by atoms with van der Waals surface area (Å²) in [5.41, 5.74) is 3.06. The van der Waals surface area contributed by atoms with E-state index in [1.165, 1.54) is 5.56 Å². The van der Waals surface area contributed by atoms with Crippen LogP contribution in [0.2, 0.25) is 0 Å². The van der Waals surface area contributed by atoms with E-state index in [4.69, 9.17) is 4.74 Å². The fraction of sp³-hybridized carbons (Fsp3) is 0.118. The van der Waals surface area contributed by atoms with Crippen molar-refractivity contribution in [2.24, 2.45) is 4.99 Å². The van der Waals surface area contributed by atoms with E-state index in [1.54, 1.807) is 6.08 Å². The molecule has 19 heavy (non-hydrogen) atoms. The van der Waals surface area contributed by atoms with Gasteiger partial charge < -0.3 is 4.74 Å². The summed E-state index contributed by atoms with van der Waals surface area (Å²) >= 11 is 0. The van der Waals surface area contributed by atoms with Crippen LogP contribution in [0.1, 0.15) is 11.1 Å². The van der Waals surface area contributed by atoms with Gasteiger partial charge in [-0.2, -0.15) is 0 Å². The second kappa shape index (κ2) is 6.55. The average molecular weight is 251 g/mol. The van der Waals surface area contributed by atoms with Crippen LogP contribution in [0.5, 0.6) is 0 Å². The van der Waals surface area contributed by atoms with Crippen LogP contribution < -0.4 is 0 Å². The molecule has 0 unspecified atom stereocenters. The van der Waals surface area contributed by atoms with E-state index in [-0.39, 0.29) is 0 Å². The molecule has 0 amide bonds. The first kappa shape index (κ1) is 13.1. The highest BCUT2D eigenvalue weighted by atomic mass is 16.5. The van der Waals surface area contributed by atoms with Crippen LogP contribution in [-0.2, 0) is 4.74 Å². The first-order valence-electron chi connectivity index (χ1n) is 6.24. The lowest BCUT2D eigenvalue weighted by Gasteiger charge is -2.07. The van der Waals surface area contributed by atoms with Gasteiger partial charge in [-0.25, -0.2) is 4.99 Å². The highest BCUT2D eigenvalue weighted by molar-refractivity contribution is 5.95. The van der Waals surface area contributed by atoms with E-state index in [0.717, 1.165) is 11.3 Å². The van der Waals surface area contributed by atoms with Crippen molar-refractivity contribution in [3.05, 3.63) is 78.4 Å². The summed E-state index contributed by atoms with van der Waals surface area (Å²) < 4.78 is 5.64. The molecule has 0 heterocycles. The van der Waals surface area contributed by atoms with Crippen molar-refractivity contribution in [2.75, 3.05) is 6.61 Å². The molecule has 0 saturated heterocycles. The molecular weight excluding hydrogens is 234 g/mol. The zero-order valence-electron chi connectivity index (χ0n) is 11.0. The van der Waals surface area contributed by atoms with Crippen LogP contribution in [0.4, 0.5) is 5.69 Å². The van der Waals surface area contributed by atoms with Gasteiger partial charge in [0.2, 0.25) is 5.90 Å². The summed E-state index contributed by atoms with van der Waals surface area (Å²) in [4.78, 5) is 4.55. The molecule has 2 heteroatoms. The van der Waals surface area contributed by atoms with E-state index in [0.29, 0.717) is 12.5 Å². The molecule has 2 nitrogen and oxygen atoms in total. The van der Waals surface area contributed by atoms with E-state index in [1.807, 2.05) is 54.6 Å². The minimum absolute atomic E-state index is 0.444. The van der Waals surface area contributed by atoms with Gasteiger partial charge >= 0.3 is 0 Å². The Morgan fingerprint density at radius 3 is 2.42 bits per heavy atom. The SMILES string of the molecule is C=CCOC(=Nc1ccc(C)cc1)c1ccccc1. The molecule has 2 rings (SSSR count). The predicted molar refractivity (Wildman–Crippen MR) is 80.0 cm³/mol. The third kappa shape index (κ3) is 3.81. The molecule has 0 spiro atoms. The second-order valence-corrected chi connectivity index (χ2v) is 4.22. The first-order chi connectivity index (χ1) is 9.29. The highest BCUT2D eigenvalue weighted by Crippen LogP contribution is 2.15. The Labute approximate surface area is 114 Å². The molecule has 0 atom stereocenters. The van der Waals surface area contributed by atoms with Gasteiger partial charge in [0, 0.05) is 5.56 Å². The van der Waals surface area contributed by atoms with Crippen LogP contribution in [0, 0.1) is 6.92 Å². The Morgan fingerprint density at radius 2 is 1.79 bits per heavy atom. The van der Waals surface area contributed by atoms with Crippen LogP contribution in [0.15, 0.2) is 72.2 Å². The Kier molecular flexibility index (Phi) is 4.51. The predicted octanol–water partition coefficient (Wildman–Crippen LogP) is 4.28. The van der Waals surface area contributed by atoms with Gasteiger partial charge in [-0.1, -0.05) is 48.6 Å². The first-order valence-corrected chi connectivity index (χ1v) is 6.24. The number of aliphatic imine (C=N–C) groups is 1. The minimum atomic E-state index is 0.444. The topological polar surface area (TPSA) is 21.6 Å². The lowest BCUT2D eigenvalue weighted by atomic mass is 10.2. The largest absolute Gasteiger partial charge is 0.473 e. The molecule has 0 aliphatic carbocycles.